The predicted octanol–water partition coefficient (Wildman–Crippen LogP) is 3.14. The summed E-state index contributed by atoms with van der Waals surface area (Å²) in [6, 6.07) is 18.9. The van der Waals surface area contributed by atoms with Gasteiger partial charge in [-0.2, -0.15) is 5.10 Å². The number of anilines is 2. The van der Waals surface area contributed by atoms with E-state index in [2.05, 4.69) is 21.2 Å². The lowest BCUT2D eigenvalue weighted by Crippen LogP contribution is -2.33. The molecule has 0 fully saturated rings. The molecule has 11 heteroatoms. The van der Waals surface area contributed by atoms with Crippen molar-refractivity contribution in [2.75, 3.05) is 17.2 Å². The van der Waals surface area contributed by atoms with Crippen LogP contribution in [0.1, 0.15) is 15.9 Å². The fourth-order valence-electron chi connectivity index (χ4n) is 2.71. The number of amides is 3. The van der Waals surface area contributed by atoms with Gasteiger partial charge in [-0.1, -0.05) is 23.7 Å². The van der Waals surface area contributed by atoms with Crippen molar-refractivity contribution >= 4 is 52.9 Å². The Morgan fingerprint density at radius 3 is 2.26 bits per heavy atom. The zero-order valence-corrected chi connectivity index (χ0v) is 18.8. The summed E-state index contributed by atoms with van der Waals surface area (Å²) >= 11 is 5.84. The number of aliphatic carboxylic acids is 1. The van der Waals surface area contributed by atoms with E-state index in [4.69, 9.17) is 21.4 Å². The van der Waals surface area contributed by atoms with Crippen molar-refractivity contribution in [3.63, 3.8) is 0 Å². The third kappa shape index (κ3) is 7.69. The van der Waals surface area contributed by atoms with E-state index in [-0.39, 0.29) is 11.3 Å². The average Bonchev–Trinajstić information content (AvgIpc) is 2.85. The minimum Gasteiger partial charge on any atom is -0.482 e. The maximum absolute atomic E-state index is 12.6. The molecular weight excluding hydrogens is 476 g/mol. The topological polar surface area (TPSA) is 146 Å². The van der Waals surface area contributed by atoms with Gasteiger partial charge in [0.05, 0.1) is 17.5 Å². The number of nitrogens with one attached hydrogen (secondary N) is 3. The highest BCUT2D eigenvalue weighted by molar-refractivity contribution is 6.40. The molecule has 35 heavy (non-hydrogen) atoms. The first kappa shape index (κ1) is 24.9. The molecule has 3 aromatic carbocycles. The maximum Gasteiger partial charge on any atom is 0.341 e. The largest absolute Gasteiger partial charge is 0.482 e. The van der Waals surface area contributed by atoms with Crippen LogP contribution in [0.3, 0.4) is 0 Å². The monoisotopic (exact) mass is 494 g/mol. The average molecular weight is 495 g/mol. The van der Waals surface area contributed by atoms with Crippen LogP contribution in [0.2, 0.25) is 5.02 Å². The summed E-state index contributed by atoms with van der Waals surface area (Å²) in [5.41, 5.74) is 3.46. The Kier molecular flexibility index (Phi) is 8.52. The summed E-state index contributed by atoms with van der Waals surface area (Å²) in [4.78, 5) is 47.6. The number of para-hydroxylation sites is 1. The number of hydrogen-bond acceptors (Lipinski definition) is 6. The number of halogens is 1. The summed E-state index contributed by atoms with van der Waals surface area (Å²) in [6.45, 7) is -0.468. The van der Waals surface area contributed by atoms with Gasteiger partial charge in [-0.05, 0) is 66.2 Å². The first-order valence-electron chi connectivity index (χ1n) is 10.1. The maximum atomic E-state index is 12.6. The van der Waals surface area contributed by atoms with Gasteiger partial charge >= 0.3 is 17.8 Å². The summed E-state index contributed by atoms with van der Waals surface area (Å²) in [5.74, 6) is -3.30. The van der Waals surface area contributed by atoms with Crippen LogP contribution in [0.5, 0.6) is 5.75 Å². The van der Waals surface area contributed by atoms with E-state index >= 15 is 0 Å². The van der Waals surface area contributed by atoms with Gasteiger partial charge in [0.2, 0.25) is 0 Å². The Hall–Kier alpha value is -4.70. The number of benzene rings is 3. The first-order chi connectivity index (χ1) is 16.8. The third-order valence-corrected chi connectivity index (χ3v) is 4.60. The number of rotatable bonds is 8. The SMILES string of the molecule is O=C(O)COc1ccc(/C=N/NC(=O)C(=O)Nc2ccccc2C(=O)Nc2ccc(Cl)cc2)cc1. The molecule has 0 spiro atoms. The lowest BCUT2D eigenvalue weighted by Gasteiger charge is -2.11. The Labute approximate surface area is 204 Å². The summed E-state index contributed by atoms with van der Waals surface area (Å²) in [7, 11) is 0. The van der Waals surface area contributed by atoms with E-state index in [1.165, 1.54) is 30.5 Å². The molecule has 0 saturated carbocycles. The van der Waals surface area contributed by atoms with Crippen molar-refractivity contribution in [1.29, 1.82) is 0 Å². The van der Waals surface area contributed by atoms with E-state index in [1.807, 2.05) is 0 Å². The molecule has 0 unspecified atom stereocenters. The normalized spacial score (nSPS) is 10.4. The molecule has 3 aromatic rings. The molecule has 10 nitrogen and oxygen atoms in total. The van der Waals surface area contributed by atoms with Crippen LogP contribution in [0.25, 0.3) is 0 Å². The van der Waals surface area contributed by atoms with Gasteiger partial charge in [-0.15, -0.1) is 0 Å². The minimum atomic E-state index is -1.10. The highest BCUT2D eigenvalue weighted by Gasteiger charge is 2.17. The van der Waals surface area contributed by atoms with Crippen LogP contribution in [0.15, 0.2) is 77.9 Å². The number of nitrogens with zero attached hydrogens (tertiary/aromatic N) is 1. The number of hydrogen-bond donors (Lipinski definition) is 4. The minimum absolute atomic E-state index is 0.139. The number of carboxylic acids is 1. The molecule has 0 atom stereocenters. The number of carboxylic acid groups (broad SMARTS) is 1. The highest BCUT2D eigenvalue weighted by Crippen LogP contribution is 2.19. The van der Waals surface area contributed by atoms with Crippen LogP contribution < -0.4 is 20.8 Å². The van der Waals surface area contributed by atoms with E-state index in [0.717, 1.165) is 0 Å². The molecule has 0 bridgehead atoms. The van der Waals surface area contributed by atoms with E-state index in [1.54, 1.807) is 48.5 Å². The second kappa shape index (κ2) is 12.0. The standard InChI is InChI=1S/C24H19ClN4O6/c25-16-7-9-17(10-8-16)27-22(32)19-3-1-2-4-20(19)28-23(33)24(34)29-26-13-15-5-11-18(12-6-15)35-14-21(30)31/h1-13H,14H2,(H,27,32)(H,28,33)(H,29,34)(H,30,31)/b26-13+. The molecule has 0 aliphatic heterocycles. The van der Waals surface area contributed by atoms with Crippen molar-refractivity contribution < 1.29 is 29.0 Å². The quantitative estimate of drug-likeness (QED) is 0.215. The van der Waals surface area contributed by atoms with Crippen molar-refractivity contribution in [2.24, 2.45) is 5.10 Å². The molecule has 0 radical (unpaired) electrons. The zero-order chi connectivity index (χ0) is 25.2. The zero-order valence-electron chi connectivity index (χ0n) is 18.0. The molecule has 3 rings (SSSR count). The van der Waals surface area contributed by atoms with Crippen molar-refractivity contribution in [3.05, 3.63) is 88.9 Å². The molecule has 0 saturated heterocycles. The van der Waals surface area contributed by atoms with Crippen molar-refractivity contribution in [1.82, 2.24) is 5.43 Å². The number of ether oxygens (including phenoxy) is 1. The van der Waals surface area contributed by atoms with Crippen LogP contribution >= 0.6 is 11.6 Å². The van der Waals surface area contributed by atoms with Gasteiger partial charge in [-0.25, -0.2) is 10.2 Å². The number of hydrazone groups is 1. The number of carbonyl (C=O) groups is 4. The molecule has 3 amide bonds. The first-order valence-corrected chi connectivity index (χ1v) is 10.4. The Morgan fingerprint density at radius 1 is 0.886 bits per heavy atom. The van der Waals surface area contributed by atoms with Gasteiger partial charge in [0.1, 0.15) is 5.75 Å². The summed E-state index contributed by atoms with van der Waals surface area (Å²) in [5, 5.41) is 17.9. The van der Waals surface area contributed by atoms with Gasteiger partial charge in [0, 0.05) is 10.7 Å². The molecule has 0 aromatic heterocycles. The van der Waals surface area contributed by atoms with Gasteiger partial charge < -0.3 is 20.5 Å². The van der Waals surface area contributed by atoms with Gasteiger partial charge in [0.15, 0.2) is 6.61 Å². The van der Waals surface area contributed by atoms with Crippen molar-refractivity contribution in [3.8, 4) is 5.75 Å². The van der Waals surface area contributed by atoms with Crippen LogP contribution in [0, 0.1) is 0 Å². The number of carbonyl (C=O) groups excluding carboxylic acids is 3. The van der Waals surface area contributed by atoms with Gasteiger partial charge in [0.25, 0.3) is 5.91 Å². The molecular formula is C24H19ClN4O6. The van der Waals surface area contributed by atoms with Crippen LogP contribution in [-0.2, 0) is 14.4 Å². The summed E-state index contributed by atoms with van der Waals surface area (Å²) in [6.07, 6.45) is 1.29. The van der Waals surface area contributed by atoms with Crippen LogP contribution in [0.4, 0.5) is 11.4 Å². The second-order valence-electron chi connectivity index (χ2n) is 6.91. The van der Waals surface area contributed by atoms with E-state index in [9.17, 15) is 19.2 Å². The second-order valence-corrected chi connectivity index (χ2v) is 7.35. The molecule has 0 aliphatic carbocycles. The predicted molar refractivity (Wildman–Crippen MR) is 130 cm³/mol. The lowest BCUT2D eigenvalue weighted by atomic mass is 10.1. The fourth-order valence-corrected chi connectivity index (χ4v) is 2.84. The Balaban J connectivity index is 1.56. The molecule has 4 N–H and O–H groups in total. The van der Waals surface area contributed by atoms with E-state index < -0.39 is 30.3 Å². The fraction of sp³-hybridized carbons (Fsp3) is 0.0417. The summed E-state index contributed by atoms with van der Waals surface area (Å²) < 4.78 is 5.02. The highest BCUT2D eigenvalue weighted by atomic mass is 35.5. The Morgan fingerprint density at radius 2 is 1.57 bits per heavy atom. The lowest BCUT2D eigenvalue weighted by molar-refractivity contribution is -0.139. The Bertz CT molecular complexity index is 1260. The van der Waals surface area contributed by atoms with Crippen molar-refractivity contribution in [2.45, 2.75) is 0 Å². The third-order valence-electron chi connectivity index (χ3n) is 4.35. The van der Waals surface area contributed by atoms with Crippen LogP contribution in [-0.4, -0.2) is 41.6 Å². The smallest absolute Gasteiger partial charge is 0.341 e. The molecule has 0 aliphatic rings. The molecule has 178 valence electrons. The van der Waals surface area contributed by atoms with Gasteiger partial charge in [-0.3, -0.25) is 14.4 Å². The van der Waals surface area contributed by atoms with E-state index in [0.29, 0.717) is 22.0 Å². The molecule has 0 heterocycles.